The Hall–Kier alpha value is -1.10. The number of carbonyl (C=O) groups excluding carboxylic acids is 1. The molecule has 0 aromatic heterocycles. The van der Waals surface area contributed by atoms with E-state index in [1.54, 1.807) is 0 Å². The quantitative estimate of drug-likeness (QED) is 0.461. The number of hydrogen-bond acceptors (Lipinski definition) is 3. The number of amidine groups is 1. The number of carbonyl (C=O) groups is 1. The third kappa shape index (κ3) is 1.48. The van der Waals surface area contributed by atoms with Crippen LogP contribution >= 0.6 is 0 Å². The molecule has 1 aliphatic rings. The van der Waals surface area contributed by atoms with Crippen molar-refractivity contribution < 1.29 is 9.90 Å². The van der Waals surface area contributed by atoms with Crippen LogP contribution in [0.15, 0.2) is 0 Å². The number of nitrogens with zero attached hydrogens (tertiary/aromatic N) is 1. The number of rotatable bonds is 1. The predicted molar refractivity (Wildman–Crippen MR) is 38.9 cm³/mol. The largest absolute Gasteiger partial charge is 0.356 e. The zero-order valence-electron chi connectivity index (χ0n) is 6.29. The highest BCUT2D eigenvalue weighted by molar-refractivity contribution is 6.00. The minimum absolute atomic E-state index is 0.0604. The van der Waals surface area contributed by atoms with Crippen LogP contribution < -0.4 is 5.32 Å². The molecular formula is C6H11N3O2. The molecular weight excluding hydrogens is 146 g/mol. The van der Waals surface area contributed by atoms with Gasteiger partial charge in [0.05, 0.1) is 6.42 Å². The van der Waals surface area contributed by atoms with E-state index in [4.69, 9.17) is 10.5 Å². The van der Waals surface area contributed by atoms with Gasteiger partial charge in [-0.15, -0.1) is 0 Å². The summed E-state index contributed by atoms with van der Waals surface area (Å²) in [7, 11) is 0. The Morgan fingerprint density at radius 2 is 2.55 bits per heavy atom. The van der Waals surface area contributed by atoms with Crippen molar-refractivity contribution in [3.05, 3.63) is 0 Å². The number of aliphatic hydroxyl groups is 1. The van der Waals surface area contributed by atoms with Gasteiger partial charge in [0.2, 0.25) is 12.3 Å². The maximum absolute atomic E-state index is 10.7. The van der Waals surface area contributed by atoms with E-state index < -0.39 is 6.35 Å². The van der Waals surface area contributed by atoms with E-state index >= 15 is 0 Å². The minimum Gasteiger partial charge on any atom is -0.356 e. The summed E-state index contributed by atoms with van der Waals surface area (Å²) in [5, 5.41) is 18.8. The molecule has 0 aliphatic carbocycles. The van der Waals surface area contributed by atoms with Crippen LogP contribution in [0.5, 0.6) is 0 Å². The monoisotopic (exact) mass is 157 g/mol. The summed E-state index contributed by atoms with van der Waals surface area (Å²) in [4.78, 5) is 12.1. The van der Waals surface area contributed by atoms with Gasteiger partial charge < -0.3 is 15.3 Å². The summed E-state index contributed by atoms with van der Waals surface area (Å²) in [6, 6.07) is 0. The summed E-state index contributed by atoms with van der Waals surface area (Å²) in [5.74, 6) is -0.129. The van der Waals surface area contributed by atoms with Crippen LogP contribution in [0.1, 0.15) is 13.3 Å². The molecule has 5 nitrogen and oxygen atoms in total. The van der Waals surface area contributed by atoms with Crippen LogP contribution in [0.4, 0.5) is 0 Å². The molecule has 0 aromatic rings. The molecule has 1 heterocycles. The molecule has 0 aromatic carbocycles. The van der Waals surface area contributed by atoms with Gasteiger partial charge in [0.25, 0.3) is 0 Å². The van der Waals surface area contributed by atoms with Crippen LogP contribution in [0.25, 0.3) is 0 Å². The Morgan fingerprint density at radius 3 is 3.00 bits per heavy atom. The van der Waals surface area contributed by atoms with Gasteiger partial charge in [0.1, 0.15) is 5.84 Å². The number of aliphatic hydroxyl groups excluding tert-OH is 1. The van der Waals surface area contributed by atoms with Gasteiger partial charge in [-0.05, 0) is 6.92 Å². The first-order chi connectivity index (χ1) is 5.15. The third-order valence-corrected chi connectivity index (χ3v) is 1.60. The Balaban J connectivity index is 2.66. The predicted octanol–water partition coefficient (Wildman–Crippen LogP) is -0.919. The van der Waals surface area contributed by atoms with E-state index in [0.29, 0.717) is 6.54 Å². The molecule has 0 bridgehead atoms. The first-order valence-electron chi connectivity index (χ1n) is 3.46. The third-order valence-electron chi connectivity index (χ3n) is 1.60. The average Bonchev–Trinajstić information content (AvgIpc) is 1.85. The van der Waals surface area contributed by atoms with Crippen molar-refractivity contribution >= 4 is 11.7 Å². The molecule has 1 rings (SSSR count). The Morgan fingerprint density at radius 1 is 1.91 bits per heavy atom. The van der Waals surface area contributed by atoms with Gasteiger partial charge in [0.15, 0.2) is 0 Å². The second-order valence-electron chi connectivity index (χ2n) is 2.35. The van der Waals surface area contributed by atoms with Gasteiger partial charge in [-0.2, -0.15) is 0 Å². The van der Waals surface area contributed by atoms with Gasteiger partial charge in [-0.1, -0.05) is 0 Å². The molecule has 3 N–H and O–H groups in total. The maximum atomic E-state index is 10.7. The SMILES string of the molecule is CCN1C(=N)CC(=O)NC1O. The number of nitrogens with one attached hydrogen (secondary N) is 2. The van der Waals surface area contributed by atoms with Crippen LogP contribution in [-0.2, 0) is 4.79 Å². The number of amides is 1. The maximum Gasteiger partial charge on any atom is 0.230 e. The lowest BCUT2D eigenvalue weighted by Gasteiger charge is -2.33. The van der Waals surface area contributed by atoms with E-state index in [2.05, 4.69) is 5.32 Å². The molecule has 1 unspecified atom stereocenters. The molecule has 1 saturated heterocycles. The van der Waals surface area contributed by atoms with Gasteiger partial charge in [0, 0.05) is 6.54 Å². The van der Waals surface area contributed by atoms with Crippen molar-refractivity contribution in [3.8, 4) is 0 Å². The summed E-state index contributed by atoms with van der Waals surface area (Å²) < 4.78 is 0. The molecule has 5 heteroatoms. The van der Waals surface area contributed by atoms with Crippen molar-refractivity contribution in [2.24, 2.45) is 0 Å². The zero-order valence-corrected chi connectivity index (χ0v) is 6.29. The highest BCUT2D eigenvalue weighted by atomic mass is 16.3. The molecule has 11 heavy (non-hydrogen) atoms. The van der Waals surface area contributed by atoms with E-state index in [1.165, 1.54) is 4.90 Å². The van der Waals surface area contributed by atoms with Crippen LogP contribution in [0, 0.1) is 5.41 Å². The molecule has 1 amide bonds. The normalized spacial score (nSPS) is 25.3. The van der Waals surface area contributed by atoms with Crippen LogP contribution in [0.2, 0.25) is 0 Å². The van der Waals surface area contributed by atoms with Crippen LogP contribution in [0.3, 0.4) is 0 Å². The Labute approximate surface area is 64.5 Å². The topological polar surface area (TPSA) is 76.4 Å². The standard InChI is InChI=1S/C6H11N3O2/c1-2-9-4(7)3-5(10)8-6(9)11/h6-7,11H,2-3H2,1H3,(H,8,10). The average molecular weight is 157 g/mol. The second-order valence-corrected chi connectivity index (χ2v) is 2.35. The Kier molecular flexibility index (Phi) is 2.09. The lowest BCUT2D eigenvalue weighted by atomic mass is 10.3. The molecule has 1 atom stereocenters. The molecule has 62 valence electrons. The fraction of sp³-hybridized carbons (Fsp3) is 0.667. The summed E-state index contributed by atoms with van der Waals surface area (Å²) in [5.41, 5.74) is 0. The van der Waals surface area contributed by atoms with Crippen LogP contribution in [-0.4, -0.2) is 34.6 Å². The van der Waals surface area contributed by atoms with Gasteiger partial charge in [-0.3, -0.25) is 10.2 Å². The highest BCUT2D eigenvalue weighted by Gasteiger charge is 2.26. The summed E-state index contributed by atoms with van der Waals surface area (Å²) in [6.07, 6.45) is -0.959. The van der Waals surface area contributed by atoms with Gasteiger partial charge >= 0.3 is 0 Å². The van der Waals surface area contributed by atoms with Crippen molar-refractivity contribution in [2.45, 2.75) is 19.7 Å². The first kappa shape index (κ1) is 8.00. The first-order valence-corrected chi connectivity index (χ1v) is 3.46. The molecule has 0 spiro atoms. The minimum atomic E-state index is -1.02. The molecule has 1 fully saturated rings. The van der Waals surface area contributed by atoms with E-state index in [-0.39, 0.29) is 18.2 Å². The van der Waals surface area contributed by atoms with Crippen molar-refractivity contribution in [1.29, 1.82) is 5.41 Å². The van der Waals surface area contributed by atoms with Crippen molar-refractivity contribution in [2.75, 3.05) is 6.54 Å². The van der Waals surface area contributed by atoms with E-state index in [9.17, 15) is 4.79 Å². The van der Waals surface area contributed by atoms with Crippen molar-refractivity contribution in [3.63, 3.8) is 0 Å². The second kappa shape index (κ2) is 2.87. The highest BCUT2D eigenvalue weighted by Crippen LogP contribution is 2.03. The fourth-order valence-corrected chi connectivity index (χ4v) is 1.04. The smallest absolute Gasteiger partial charge is 0.230 e. The molecule has 1 aliphatic heterocycles. The van der Waals surface area contributed by atoms with E-state index in [1.807, 2.05) is 6.92 Å². The number of hydrogen-bond donors (Lipinski definition) is 3. The molecule has 0 radical (unpaired) electrons. The zero-order chi connectivity index (χ0) is 8.43. The Bertz CT molecular complexity index is 192. The van der Waals surface area contributed by atoms with E-state index in [0.717, 1.165) is 0 Å². The van der Waals surface area contributed by atoms with Crippen molar-refractivity contribution in [1.82, 2.24) is 10.2 Å². The molecule has 0 saturated carbocycles. The lowest BCUT2D eigenvalue weighted by Crippen LogP contribution is -2.56. The van der Waals surface area contributed by atoms with Gasteiger partial charge in [-0.25, -0.2) is 0 Å². The lowest BCUT2D eigenvalue weighted by molar-refractivity contribution is -0.128. The summed E-state index contributed by atoms with van der Waals surface area (Å²) in [6.45, 7) is 2.34. The summed E-state index contributed by atoms with van der Waals surface area (Å²) >= 11 is 0. The fourth-order valence-electron chi connectivity index (χ4n) is 1.04.